The molecule has 2 rings (SSSR count). The van der Waals surface area contributed by atoms with Crippen LogP contribution < -0.4 is 5.32 Å². The Bertz CT molecular complexity index is 603. The minimum Gasteiger partial charge on any atom is -0.507 e. The first-order valence-corrected chi connectivity index (χ1v) is 5.49. The summed E-state index contributed by atoms with van der Waals surface area (Å²) in [6.45, 7) is 5.32. The second-order valence-electron chi connectivity index (χ2n) is 4.28. The molecule has 0 bridgehead atoms. The summed E-state index contributed by atoms with van der Waals surface area (Å²) in [6.07, 6.45) is 0. The van der Waals surface area contributed by atoms with Gasteiger partial charge in [0.15, 0.2) is 0 Å². The molecule has 1 amide bonds. The Morgan fingerprint density at radius 2 is 1.94 bits per heavy atom. The van der Waals surface area contributed by atoms with Crippen LogP contribution in [0.25, 0.3) is 10.8 Å². The summed E-state index contributed by atoms with van der Waals surface area (Å²) >= 11 is 0. The van der Waals surface area contributed by atoms with Crippen LogP contribution in [0.3, 0.4) is 0 Å². The van der Waals surface area contributed by atoms with Gasteiger partial charge in [0.2, 0.25) is 5.91 Å². The Labute approximate surface area is 100 Å². The number of anilines is 1. The van der Waals surface area contributed by atoms with Crippen molar-refractivity contribution in [3.05, 3.63) is 35.4 Å². The lowest BCUT2D eigenvalue weighted by atomic mass is 10.0. The highest BCUT2D eigenvalue weighted by Crippen LogP contribution is 2.32. The lowest BCUT2D eigenvalue weighted by molar-refractivity contribution is -0.114. The van der Waals surface area contributed by atoms with Gasteiger partial charge >= 0.3 is 0 Å². The van der Waals surface area contributed by atoms with E-state index in [9.17, 15) is 9.90 Å². The van der Waals surface area contributed by atoms with Crippen LogP contribution in [-0.4, -0.2) is 11.0 Å². The van der Waals surface area contributed by atoms with E-state index in [1.54, 1.807) is 6.07 Å². The van der Waals surface area contributed by atoms with Crippen LogP contribution in [0.4, 0.5) is 5.69 Å². The molecule has 0 aliphatic rings. The summed E-state index contributed by atoms with van der Waals surface area (Å²) in [5.41, 5.74) is 2.63. The zero-order valence-corrected chi connectivity index (χ0v) is 10.2. The van der Waals surface area contributed by atoms with Gasteiger partial charge < -0.3 is 10.4 Å². The Kier molecular flexibility index (Phi) is 2.76. The monoisotopic (exact) mass is 229 g/mol. The minimum absolute atomic E-state index is 0.118. The Balaban J connectivity index is 2.64. The van der Waals surface area contributed by atoms with Crippen LogP contribution in [-0.2, 0) is 4.79 Å². The van der Waals surface area contributed by atoms with Crippen LogP contribution in [0, 0.1) is 13.8 Å². The average Bonchev–Trinajstić information content (AvgIpc) is 2.26. The maximum absolute atomic E-state index is 11.0. The molecule has 0 spiro atoms. The third kappa shape index (κ3) is 2.09. The molecule has 0 saturated carbocycles. The number of benzene rings is 2. The van der Waals surface area contributed by atoms with Crippen LogP contribution in [0.5, 0.6) is 5.75 Å². The largest absolute Gasteiger partial charge is 0.507 e. The van der Waals surface area contributed by atoms with E-state index in [0.29, 0.717) is 5.69 Å². The van der Waals surface area contributed by atoms with Crippen LogP contribution in [0.15, 0.2) is 24.3 Å². The molecule has 0 saturated heterocycles. The minimum atomic E-state index is -0.118. The molecule has 0 heterocycles. The number of phenols is 1. The molecule has 0 radical (unpaired) electrons. The van der Waals surface area contributed by atoms with Crippen molar-refractivity contribution in [2.75, 3.05) is 5.32 Å². The van der Waals surface area contributed by atoms with Gasteiger partial charge in [-0.05, 0) is 42.5 Å². The molecule has 0 unspecified atom stereocenters. The second-order valence-corrected chi connectivity index (χ2v) is 4.28. The van der Waals surface area contributed by atoms with Crippen molar-refractivity contribution in [2.24, 2.45) is 0 Å². The maximum Gasteiger partial charge on any atom is 0.221 e. The van der Waals surface area contributed by atoms with E-state index in [1.165, 1.54) is 6.92 Å². The summed E-state index contributed by atoms with van der Waals surface area (Å²) in [5, 5.41) is 14.5. The number of carbonyl (C=O) groups excluding carboxylic acids is 1. The van der Waals surface area contributed by atoms with Crippen LogP contribution in [0.2, 0.25) is 0 Å². The molecule has 88 valence electrons. The van der Waals surface area contributed by atoms with Crippen molar-refractivity contribution in [3.63, 3.8) is 0 Å². The topological polar surface area (TPSA) is 49.3 Å². The van der Waals surface area contributed by atoms with Gasteiger partial charge in [-0.25, -0.2) is 0 Å². The highest BCUT2D eigenvalue weighted by atomic mass is 16.3. The molecule has 0 aromatic heterocycles. The molecule has 2 aromatic carbocycles. The quantitative estimate of drug-likeness (QED) is 0.789. The number of aromatic hydroxyl groups is 1. The van der Waals surface area contributed by atoms with E-state index in [0.717, 1.165) is 21.9 Å². The molecule has 0 fully saturated rings. The fourth-order valence-electron chi connectivity index (χ4n) is 1.90. The van der Waals surface area contributed by atoms with Crippen molar-refractivity contribution in [1.82, 2.24) is 0 Å². The first-order valence-electron chi connectivity index (χ1n) is 5.49. The number of nitrogens with one attached hydrogen (secondary N) is 1. The van der Waals surface area contributed by atoms with Gasteiger partial charge in [-0.1, -0.05) is 12.1 Å². The molecule has 0 aliphatic heterocycles. The molecule has 17 heavy (non-hydrogen) atoms. The van der Waals surface area contributed by atoms with Gasteiger partial charge in [-0.15, -0.1) is 0 Å². The smallest absolute Gasteiger partial charge is 0.221 e. The molecule has 2 aromatic rings. The predicted molar refractivity (Wildman–Crippen MR) is 69.4 cm³/mol. The summed E-state index contributed by atoms with van der Waals surface area (Å²) in [6, 6.07) is 7.55. The normalized spacial score (nSPS) is 10.5. The molecule has 0 atom stereocenters. The Hall–Kier alpha value is -2.03. The molecule has 2 N–H and O–H groups in total. The number of amides is 1. The van der Waals surface area contributed by atoms with Crippen molar-refractivity contribution < 1.29 is 9.90 Å². The summed E-state index contributed by atoms with van der Waals surface area (Å²) in [4.78, 5) is 11.0. The summed E-state index contributed by atoms with van der Waals surface area (Å²) in [7, 11) is 0. The van der Waals surface area contributed by atoms with E-state index in [1.807, 2.05) is 32.0 Å². The lowest BCUT2D eigenvalue weighted by Gasteiger charge is -2.10. The molecule has 0 aliphatic carbocycles. The number of aryl methyl sites for hydroxylation is 1. The van der Waals surface area contributed by atoms with Crippen LogP contribution in [0.1, 0.15) is 18.1 Å². The van der Waals surface area contributed by atoms with Crippen molar-refractivity contribution >= 4 is 22.4 Å². The molecule has 3 heteroatoms. The zero-order chi connectivity index (χ0) is 12.6. The van der Waals surface area contributed by atoms with E-state index < -0.39 is 0 Å². The average molecular weight is 229 g/mol. The SMILES string of the molecule is CC(=O)Nc1ccc2cc(C)c(C)c(O)c2c1. The second kappa shape index (κ2) is 4.09. The fraction of sp³-hybridized carbons (Fsp3) is 0.214. The lowest BCUT2D eigenvalue weighted by Crippen LogP contribution is -2.05. The van der Waals surface area contributed by atoms with E-state index in [4.69, 9.17) is 0 Å². The third-order valence-corrected chi connectivity index (χ3v) is 2.95. The zero-order valence-electron chi connectivity index (χ0n) is 10.2. The van der Waals surface area contributed by atoms with E-state index >= 15 is 0 Å². The van der Waals surface area contributed by atoms with E-state index in [-0.39, 0.29) is 11.7 Å². The van der Waals surface area contributed by atoms with Gasteiger partial charge in [0.25, 0.3) is 0 Å². The summed E-state index contributed by atoms with van der Waals surface area (Å²) in [5.74, 6) is 0.167. The van der Waals surface area contributed by atoms with Crippen molar-refractivity contribution in [2.45, 2.75) is 20.8 Å². The molecule has 3 nitrogen and oxygen atoms in total. The van der Waals surface area contributed by atoms with Gasteiger partial charge in [0.1, 0.15) is 5.75 Å². The van der Waals surface area contributed by atoms with E-state index in [2.05, 4.69) is 5.32 Å². The number of fused-ring (bicyclic) bond motifs is 1. The first kappa shape index (κ1) is 11.5. The fourth-order valence-corrected chi connectivity index (χ4v) is 1.90. The maximum atomic E-state index is 11.0. The highest BCUT2D eigenvalue weighted by molar-refractivity contribution is 5.96. The van der Waals surface area contributed by atoms with Gasteiger partial charge in [-0.2, -0.15) is 0 Å². The number of rotatable bonds is 1. The van der Waals surface area contributed by atoms with Gasteiger partial charge in [0.05, 0.1) is 0 Å². The third-order valence-electron chi connectivity index (χ3n) is 2.95. The van der Waals surface area contributed by atoms with Crippen LogP contribution >= 0.6 is 0 Å². The summed E-state index contributed by atoms with van der Waals surface area (Å²) < 4.78 is 0. The number of hydrogen-bond donors (Lipinski definition) is 2. The molecular weight excluding hydrogens is 214 g/mol. The molecular formula is C14H15NO2. The Morgan fingerprint density at radius 1 is 1.24 bits per heavy atom. The highest BCUT2D eigenvalue weighted by Gasteiger charge is 2.07. The van der Waals surface area contributed by atoms with Crippen molar-refractivity contribution in [3.8, 4) is 5.75 Å². The van der Waals surface area contributed by atoms with Crippen molar-refractivity contribution in [1.29, 1.82) is 0 Å². The number of carbonyl (C=O) groups is 1. The first-order chi connectivity index (χ1) is 7.99. The number of phenolic OH excluding ortho intramolecular Hbond substituents is 1. The standard InChI is InChI=1S/C14H15NO2/c1-8-6-11-4-5-12(15-10(3)16)7-13(11)14(17)9(8)2/h4-7,17H,1-3H3,(H,15,16). The predicted octanol–water partition coefficient (Wildman–Crippen LogP) is 3.12. The van der Waals surface area contributed by atoms with Gasteiger partial charge in [0, 0.05) is 18.0 Å². The number of hydrogen-bond acceptors (Lipinski definition) is 2. The Morgan fingerprint density at radius 3 is 2.59 bits per heavy atom. The van der Waals surface area contributed by atoms with Gasteiger partial charge in [-0.3, -0.25) is 4.79 Å².